The van der Waals surface area contributed by atoms with Crippen molar-refractivity contribution in [3.63, 3.8) is 0 Å². The molecule has 0 saturated carbocycles. The lowest BCUT2D eigenvalue weighted by molar-refractivity contribution is -0.141. The summed E-state index contributed by atoms with van der Waals surface area (Å²) >= 11 is 0. The van der Waals surface area contributed by atoms with E-state index in [0.717, 1.165) is 5.56 Å². The standard InChI is InChI=1S/C30H36FN3O5S/c1-3-33-40(37,38)27-17-12-23(13-18-27)14-19-28(35)34(22-24-10-15-26(31)16-11-24)29(25-8-5-4-6-9-25)30(36)32-20-7-21-39-2/h4-6,8-13,15-18,29,33H,3,7,14,19-22H2,1-2H3,(H,32,36). The van der Waals surface area contributed by atoms with Crippen molar-refractivity contribution in [3.05, 3.63) is 101 Å². The molecule has 10 heteroatoms. The van der Waals surface area contributed by atoms with Gasteiger partial charge in [0.25, 0.3) is 0 Å². The lowest BCUT2D eigenvalue weighted by Gasteiger charge is -2.32. The molecule has 2 amide bonds. The molecule has 3 rings (SSSR count). The highest BCUT2D eigenvalue weighted by atomic mass is 32.2. The first kappa shape index (κ1) is 30.9. The number of nitrogens with one attached hydrogen (secondary N) is 2. The summed E-state index contributed by atoms with van der Waals surface area (Å²) < 4.78 is 45.6. The van der Waals surface area contributed by atoms with Crippen molar-refractivity contribution in [2.75, 3.05) is 26.8 Å². The number of methoxy groups -OCH3 is 1. The number of hydrogen-bond acceptors (Lipinski definition) is 5. The van der Waals surface area contributed by atoms with Gasteiger partial charge in [-0.3, -0.25) is 9.59 Å². The highest BCUT2D eigenvalue weighted by Crippen LogP contribution is 2.25. The highest BCUT2D eigenvalue weighted by molar-refractivity contribution is 7.89. The second kappa shape index (κ2) is 15.3. The number of ether oxygens (including phenoxy) is 1. The maximum absolute atomic E-state index is 13.7. The SMILES string of the molecule is CCNS(=O)(=O)c1ccc(CCC(=O)N(Cc2ccc(F)cc2)C(C(=O)NCCCOC)c2ccccc2)cc1. The molecule has 0 aliphatic carbocycles. The number of rotatable bonds is 15. The summed E-state index contributed by atoms with van der Waals surface area (Å²) in [5.74, 6) is -0.984. The Hall–Kier alpha value is -3.60. The van der Waals surface area contributed by atoms with Crippen molar-refractivity contribution in [1.29, 1.82) is 0 Å². The number of benzene rings is 3. The van der Waals surface area contributed by atoms with E-state index >= 15 is 0 Å². The molecule has 0 radical (unpaired) electrons. The Balaban J connectivity index is 1.86. The van der Waals surface area contributed by atoms with Crippen molar-refractivity contribution >= 4 is 21.8 Å². The predicted octanol–water partition coefficient (Wildman–Crippen LogP) is 3.98. The second-order valence-corrected chi connectivity index (χ2v) is 11.0. The van der Waals surface area contributed by atoms with E-state index in [2.05, 4.69) is 10.0 Å². The van der Waals surface area contributed by atoms with Gasteiger partial charge in [0, 0.05) is 39.8 Å². The summed E-state index contributed by atoms with van der Waals surface area (Å²) in [4.78, 5) is 28.9. The summed E-state index contributed by atoms with van der Waals surface area (Å²) in [5.41, 5.74) is 2.12. The van der Waals surface area contributed by atoms with Crippen LogP contribution in [0.5, 0.6) is 0 Å². The fourth-order valence-electron chi connectivity index (χ4n) is 4.25. The van der Waals surface area contributed by atoms with E-state index < -0.39 is 21.9 Å². The van der Waals surface area contributed by atoms with Gasteiger partial charge in [0.15, 0.2) is 0 Å². The molecule has 0 saturated heterocycles. The van der Waals surface area contributed by atoms with Crippen LogP contribution in [0.15, 0.2) is 83.8 Å². The Labute approximate surface area is 235 Å². The zero-order valence-corrected chi connectivity index (χ0v) is 23.6. The number of aryl methyl sites for hydroxylation is 1. The highest BCUT2D eigenvalue weighted by Gasteiger charge is 2.31. The molecule has 3 aromatic rings. The van der Waals surface area contributed by atoms with Crippen LogP contribution in [0.25, 0.3) is 0 Å². The number of halogens is 1. The average molecular weight is 570 g/mol. The molecule has 0 aromatic heterocycles. The first-order valence-electron chi connectivity index (χ1n) is 13.2. The second-order valence-electron chi connectivity index (χ2n) is 9.24. The van der Waals surface area contributed by atoms with Gasteiger partial charge in [-0.2, -0.15) is 0 Å². The van der Waals surface area contributed by atoms with E-state index in [1.54, 1.807) is 50.4 Å². The summed E-state index contributed by atoms with van der Waals surface area (Å²) in [7, 11) is -1.99. The van der Waals surface area contributed by atoms with E-state index in [1.807, 2.05) is 18.2 Å². The van der Waals surface area contributed by atoms with Gasteiger partial charge in [-0.05, 0) is 53.8 Å². The minimum absolute atomic E-state index is 0.0841. The molecule has 2 N–H and O–H groups in total. The quantitative estimate of drug-likeness (QED) is 0.270. The van der Waals surface area contributed by atoms with Crippen LogP contribution in [-0.2, 0) is 37.3 Å². The molecular weight excluding hydrogens is 533 g/mol. The normalized spacial score (nSPS) is 12.1. The average Bonchev–Trinajstić information content (AvgIpc) is 2.95. The van der Waals surface area contributed by atoms with Gasteiger partial charge in [-0.25, -0.2) is 17.5 Å². The van der Waals surface area contributed by atoms with E-state index in [4.69, 9.17) is 4.74 Å². The van der Waals surface area contributed by atoms with Gasteiger partial charge in [-0.15, -0.1) is 0 Å². The van der Waals surface area contributed by atoms with Crippen molar-refractivity contribution in [1.82, 2.24) is 14.9 Å². The van der Waals surface area contributed by atoms with Crippen LogP contribution in [0, 0.1) is 5.82 Å². The number of nitrogens with zero attached hydrogens (tertiary/aromatic N) is 1. The third-order valence-electron chi connectivity index (χ3n) is 6.28. The number of sulfonamides is 1. The Kier molecular flexibility index (Phi) is 11.8. The smallest absolute Gasteiger partial charge is 0.247 e. The topological polar surface area (TPSA) is 105 Å². The van der Waals surface area contributed by atoms with E-state index in [0.29, 0.717) is 37.1 Å². The van der Waals surface area contributed by atoms with Crippen molar-refractivity contribution in [2.45, 2.75) is 43.7 Å². The summed E-state index contributed by atoms with van der Waals surface area (Å²) in [6.45, 7) is 2.96. The molecule has 8 nitrogen and oxygen atoms in total. The summed E-state index contributed by atoms with van der Waals surface area (Å²) in [6.07, 6.45) is 1.05. The minimum atomic E-state index is -3.58. The fraction of sp³-hybridized carbons (Fsp3) is 0.333. The Morgan fingerprint density at radius 3 is 2.23 bits per heavy atom. The van der Waals surface area contributed by atoms with Gasteiger partial charge in [0.05, 0.1) is 4.90 Å². The largest absolute Gasteiger partial charge is 0.385 e. The van der Waals surface area contributed by atoms with Gasteiger partial charge < -0.3 is 15.0 Å². The summed E-state index contributed by atoms with van der Waals surface area (Å²) in [5, 5.41) is 2.92. The van der Waals surface area contributed by atoms with Crippen LogP contribution in [0.2, 0.25) is 0 Å². The molecule has 0 aliphatic heterocycles. The first-order valence-corrected chi connectivity index (χ1v) is 14.7. The predicted molar refractivity (Wildman–Crippen MR) is 151 cm³/mol. The molecule has 3 aromatic carbocycles. The third-order valence-corrected chi connectivity index (χ3v) is 7.84. The molecule has 40 heavy (non-hydrogen) atoms. The zero-order chi connectivity index (χ0) is 29.0. The van der Waals surface area contributed by atoms with Crippen molar-refractivity contribution in [3.8, 4) is 0 Å². The number of carbonyl (C=O) groups is 2. The summed E-state index contributed by atoms with van der Waals surface area (Å²) in [6, 6.07) is 20.4. The van der Waals surface area contributed by atoms with Gasteiger partial charge in [-0.1, -0.05) is 61.5 Å². The van der Waals surface area contributed by atoms with Gasteiger partial charge in [0.2, 0.25) is 21.8 Å². The van der Waals surface area contributed by atoms with E-state index in [1.165, 1.54) is 29.2 Å². The molecular formula is C30H36FN3O5S. The lowest BCUT2D eigenvalue weighted by Crippen LogP contribution is -2.43. The Bertz CT molecular complexity index is 1330. The molecule has 0 spiro atoms. The van der Waals surface area contributed by atoms with Crippen LogP contribution < -0.4 is 10.0 Å². The fourth-order valence-corrected chi connectivity index (χ4v) is 5.29. The molecule has 1 atom stereocenters. The van der Waals surface area contributed by atoms with Crippen LogP contribution in [0.4, 0.5) is 4.39 Å². The van der Waals surface area contributed by atoms with Crippen LogP contribution >= 0.6 is 0 Å². The van der Waals surface area contributed by atoms with E-state index in [9.17, 15) is 22.4 Å². The zero-order valence-electron chi connectivity index (χ0n) is 22.8. The monoisotopic (exact) mass is 569 g/mol. The molecule has 1 unspecified atom stereocenters. The minimum Gasteiger partial charge on any atom is -0.385 e. The number of carbonyl (C=O) groups excluding carboxylic acids is 2. The molecule has 0 aliphatic rings. The van der Waals surface area contributed by atoms with Crippen molar-refractivity contribution in [2.24, 2.45) is 0 Å². The van der Waals surface area contributed by atoms with Crippen LogP contribution in [0.1, 0.15) is 42.5 Å². The van der Waals surface area contributed by atoms with Gasteiger partial charge in [0.1, 0.15) is 11.9 Å². The Morgan fingerprint density at radius 1 is 0.950 bits per heavy atom. The third kappa shape index (κ3) is 8.97. The maximum Gasteiger partial charge on any atom is 0.247 e. The molecule has 0 fully saturated rings. The lowest BCUT2D eigenvalue weighted by atomic mass is 10.0. The van der Waals surface area contributed by atoms with Crippen LogP contribution in [0.3, 0.4) is 0 Å². The first-order chi connectivity index (χ1) is 19.2. The van der Waals surface area contributed by atoms with Crippen LogP contribution in [-0.4, -0.2) is 51.9 Å². The van der Waals surface area contributed by atoms with Crippen molar-refractivity contribution < 1.29 is 27.1 Å². The molecule has 214 valence electrons. The maximum atomic E-state index is 13.7. The number of hydrogen-bond donors (Lipinski definition) is 2. The number of amides is 2. The molecule has 0 bridgehead atoms. The van der Waals surface area contributed by atoms with Gasteiger partial charge >= 0.3 is 0 Å². The molecule has 0 heterocycles. The Morgan fingerprint density at radius 2 is 1.60 bits per heavy atom. The van der Waals surface area contributed by atoms with E-state index in [-0.39, 0.29) is 36.2 Å².